The van der Waals surface area contributed by atoms with Gasteiger partial charge in [-0.2, -0.15) is 0 Å². The van der Waals surface area contributed by atoms with E-state index in [1.165, 1.54) is 17.1 Å². The lowest BCUT2D eigenvalue weighted by Crippen LogP contribution is -2.43. The minimum absolute atomic E-state index is 1.09. The Morgan fingerprint density at radius 2 is 2.06 bits per heavy atom. The summed E-state index contributed by atoms with van der Waals surface area (Å²) in [6.45, 7) is 5.51. The van der Waals surface area contributed by atoms with E-state index in [4.69, 9.17) is 0 Å². The van der Waals surface area contributed by atoms with Crippen molar-refractivity contribution in [2.45, 2.75) is 6.42 Å². The van der Waals surface area contributed by atoms with Crippen LogP contribution >= 0.6 is 0 Å². The molecular formula is C12H18N4. The summed E-state index contributed by atoms with van der Waals surface area (Å²) in [6, 6.07) is 2.17. The van der Waals surface area contributed by atoms with E-state index in [0.717, 1.165) is 39.1 Å². The fourth-order valence-electron chi connectivity index (χ4n) is 2.63. The first-order valence-electron chi connectivity index (χ1n) is 6.01. The molecule has 1 aromatic heterocycles. The highest BCUT2D eigenvalue weighted by Gasteiger charge is 2.23. The molecule has 86 valence electrons. The minimum Gasteiger partial charge on any atom is -0.369 e. The van der Waals surface area contributed by atoms with Gasteiger partial charge in [-0.1, -0.05) is 0 Å². The Morgan fingerprint density at radius 1 is 1.25 bits per heavy atom. The van der Waals surface area contributed by atoms with Crippen LogP contribution in [0.25, 0.3) is 0 Å². The van der Waals surface area contributed by atoms with Crippen molar-refractivity contribution >= 4 is 11.5 Å². The van der Waals surface area contributed by atoms with Crippen molar-refractivity contribution in [1.82, 2.24) is 10.3 Å². The normalized spacial score (nSPS) is 20.1. The smallest absolute Gasteiger partial charge is 0.133 e. The summed E-state index contributed by atoms with van der Waals surface area (Å²) in [4.78, 5) is 9.21. The van der Waals surface area contributed by atoms with E-state index in [9.17, 15) is 0 Å². The van der Waals surface area contributed by atoms with Gasteiger partial charge in [0, 0.05) is 57.2 Å². The molecule has 1 N–H and O–H groups in total. The predicted octanol–water partition coefficient (Wildman–Crippen LogP) is 0.484. The number of rotatable bonds is 1. The zero-order chi connectivity index (χ0) is 11.0. The van der Waals surface area contributed by atoms with Gasteiger partial charge in [0.25, 0.3) is 0 Å². The van der Waals surface area contributed by atoms with Gasteiger partial charge in [0.15, 0.2) is 0 Å². The van der Waals surface area contributed by atoms with Crippen LogP contribution in [0.2, 0.25) is 0 Å². The molecule has 16 heavy (non-hydrogen) atoms. The number of pyridine rings is 1. The minimum atomic E-state index is 1.09. The molecule has 1 fully saturated rings. The summed E-state index contributed by atoms with van der Waals surface area (Å²) in [5.41, 5.74) is 2.84. The molecule has 0 radical (unpaired) electrons. The van der Waals surface area contributed by atoms with Crippen molar-refractivity contribution in [3.63, 3.8) is 0 Å². The summed E-state index contributed by atoms with van der Waals surface area (Å²) in [7, 11) is 2.13. The zero-order valence-corrected chi connectivity index (χ0v) is 9.74. The van der Waals surface area contributed by atoms with E-state index >= 15 is 0 Å². The molecule has 0 bridgehead atoms. The summed E-state index contributed by atoms with van der Waals surface area (Å²) in [6.07, 6.45) is 3.08. The second-order valence-corrected chi connectivity index (χ2v) is 4.54. The van der Waals surface area contributed by atoms with Crippen molar-refractivity contribution in [1.29, 1.82) is 0 Å². The SMILES string of the molecule is CN1CCc2c(N3CCNCC3)ccnc21. The number of nitrogens with zero attached hydrogens (tertiary/aromatic N) is 3. The molecule has 2 aliphatic heterocycles. The Labute approximate surface area is 96.3 Å². The molecule has 2 aliphatic rings. The number of anilines is 2. The number of hydrogen-bond acceptors (Lipinski definition) is 4. The number of nitrogens with one attached hydrogen (secondary N) is 1. The third-order valence-corrected chi connectivity index (χ3v) is 3.52. The largest absolute Gasteiger partial charge is 0.369 e. The average molecular weight is 218 g/mol. The Morgan fingerprint density at radius 3 is 2.88 bits per heavy atom. The number of fused-ring (bicyclic) bond motifs is 1. The zero-order valence-electron chi connectivity index (χ0n) is 9.74. The van der Waals surface area contributed by atoms with Crippen LogP contribution in [0.15, 0.2) is 12.3 Å². The summed E-state index contributed by atoms with van der Waals surface area (Å²) < 4.78 is 0. The van der Waals surface area contributed by atoms with Crippen LogP contribution in [0, 0.1) is 0 Å². The first-order valence-corrected chi connectivity index (χ1v) is 6.01. The van der Waals surface area contributed by atoms with Crippen LogP contribution in [0.4, 0.5) is 11.5 Å². The summed E-state index contributed by atoms with van der Waals surface area (Å²) >= 11 is 0. The molecule has 3 rings (SSSR count). The molecule has 4 heteroatoms. The first kappa shape index (κ1) is 9.90. The van der Waals surface area contributed by atoms with Gasteiger partial charge in [-0.3, -0.25) is 0 Å². The van der Waals surface area contributed by atoms with Gasteiger partial charge in [0.1, 0.15) is 5.82 Å². The van der Waals surface area contributed by atoms with Crippen molar-refractivity contribution in [2.24, 2.45) is 0 Å². The highest BCUT2D eigenvalue weighted by atomic mass is 15.2. The Bertz CT molecular complexity index is 385. The van der Waals surface area contributed by atoms with Gasteiger partial charge >= 0.3 is 0 Å². The maximum atomic E-state index is 4.48. The standard InChI is InChI=1S/C12H18N4/c1-15-7-3-10-11(2-4-14-12(10)15)16-8-5-13-6-9-16/h2,4,13H,3,5-9H2,1H3. The van der Waals surface area contributed by atoms with Crippen molar-refractivity contribution in [3.8, 4) is 0 Å². The van der Waals surface area contributed by atoms with Gasteiger partial charge in [0.05, 0.1) is 0 Å². The third-order valence-electron chi connectivity index (χ3n) is 3.52. The van der Waals surface area contributed by atoms with E-state index in [1.54, 1.807) is 0 Å². The van der Waals surface area contributed by atoms with Crippen LogP contribution in [-0.2, 0) is 6.42 Å². The van der Waals surface area contributed by atoms with E-state index in [-0.39, 0.29) is 0 Å². The molecular weight excluding hydrogens is 200 g/mol. The second kappa shape index (κ2) is 3.94. The highest BCUT2D eigenvalue weighted by Crippen LogP contribution is 2.32. The molecule has 0 saturated carbocycles. The molecule has 3 heterocycles. The number of aromatic nitrogens is 1. The van der Waals surface area contributed by atoms with Gasteiger partial charge < -0.3 is 15.1 Å². The quantitative estimate of drug-likeness (QED) is 0.743. The third kappa shape index (κ3) is 1.53. The monoisotopic (exact) mass is 218 g/mol. The maximum Gasteiger partial charge on any atom is 0.133 e. The fraction of sp³-hybridized carbons (Fsp3) is 0.583. The number of likely N-dealkylation sites (N-methyl/N-ethyl adjacent to an activating group) is 1. The second-order valence-electron chi connectivity index (χ2n) is 4.54. The molecule has 0 amide bonds. The van der Waals surface area contributed by atoms with Crippen molar-refractivity contribution in [2.75, 3.05) is 49.6 Å². The van der Waals surface area contributed by atoms with Gasteiger partial charge in [-0.05, 0) is 12.5 Å². The van der Waals surface area contributed by atoms with Crippen LogP contribution in [0.3, 0.4) is 0 Å². The van der Waals surface area contributed by atoms with Crippen LogP contribution in [0.5, 0.6) is 0 Å². The lowest BCUT2D eigenvalue weighted by molar-refractivity contribution is 0.588. The molecule has 0 aliphatic carbocycles. The van der Waals surface area contributed by atoms with Crippen molar-refractivity contribution < 1.29 is 0 Å². The molecule has 1 aromatic rings. The molecule has 0 spiro atoms. The van der Waals surface area contributed by atoms with E-state index < -0.39 is 0 Å². The topological polar surface area (TPSA) is 31.4 Å². The van der Waals surface area contributed by atoms with Crippen LogP contribution in [-0.4, -0.2) is 44.8 Å². The predicted molar refractivity (Wildman–Crippen MR) is 66.3 cm³/mol. The van der Waals surface area contributed by atoms with Gasteiger partial charge in [-0.15, -0.1) is 0 Å². The molecule has 0 atom stereocenters. The number of hydrogen-bond donors (Lipinski definition) is 1. The highest BCUT2D eigenvalue weighted by molar-refractivity contribution is 5.66. The van der Waals surface area contributed by atoms with Crippen molar-refractivity contribution in [3.05, 3.63) is 17.8 Å². The maximum absolute atomic E-state index is 4.48. The Hall–Kier alpha value is -1.29. The van der Waals surface area contributed by atoms with Crippen LogP contribution in [0.1, 0.15) is 5.56 Å². The Kier molecular flexibility index (Phi) is 2.44. The summed E-state index contributed by atoms with van der Waals surface area (Å²) in [5.74, 6) is 1.18. The average Bonchev–Trinajstić information content (AvgIpc) is 2.73. The number of piperazine rings is 1. The lowest BCUT2D eigenvalue weighted by atomic mass is 10.1. The molecule has 1 saturated heterocycles. The fourth-order valence-corrected chi connectivity index (χ4v) is 2.63. The van der Waals surface area contributed by atoms with Gasteiger partial charge in [-0.25, -0.2) is 4.98 Å². The Balaban J connectivity index is 1.95. The summed E-state index contributed by atoms with van der Waals surface area (Å²) in [5, 5.41) is 3.39. The molecule has 4 nitrogen and oxygen atoms in total. The lowest BCUT2D eigenvalue weighted by Gasteiger charge is -2.30. The van der Waals surface area contributed by atoms with E-state index in [0.29, 0.717) is 0 Å². The van der Waals surface area contributed by atoms with Gasteiger partial charge in [0.2, 0.25) is 0 Å². The van der Waals surface area contributed by atoms with Crippen LogP contribution < -0.4 is 15.1 Å². The molecule has 0 unspecified atom stereocenters. The van der Waals surface area contributed by atoms with E-state index in [2.05, 4.69) is 33.2 Å². The van der Waals surface area contributed by atoms with E-state index in [1.807, 2.05) is 6.20 Å². The molecule has 0 aromatic carbocycles. The first-order chi connectivity index (χ1) is 7.86.